The standard InChI is InChI=1S/C19H15.C2H6Si.2ClH.Zr/c1-13-5-4-8-17(13)15-9-10-19-16(12-15)11-14-6-2-3-7-18(14)19;1-3-2;;;/h2-7,9-10H,8,11H2,1H3;1-2H3;2*1H;/q-1;;;;. The van der Waals surface area contributed by atoms with Crippen LogP contribution in [0.2, 0.25) is 13.1 Å². The summed E-state index contributed by atoms with van der Waals surface area (Å²) in [5.74, 6) is 0. The minimum absolute atomic E-state index is 0. The van der Waals surface area contributed by atoms with Crippen molar-refractivity contribution in [3.63, 3.8) is 0 Å². The summed E-state index contributed by atoms with van der Waals surface area (Å²) in [4.78, 5) is 0. The number of hydrogen-bond acceptors (Lipinski definition) is 0. The largest absolute Gasteiger partial charge is 0.147 e. The fraction of sp³-hybridized carbons (Fsp3) is 0.238. The van der Waals surface area contributed by atoms with E-state index in [1.165, 1.54) is 39.0 Å². The Morgan fingerprint density at radius 2 is 1.68 bits per heavy atom. The molecule has 0 N–H and O–H groups in total. The average Bonchev–Trinajstić information content (AvgIpc) is 3.09. The number of fused-ring (bicyclic) bond motifs is 3. The summed E-state index contributed by atoms with van der Waals surface area (Å²) in [7, 11) is 0. The van der Waals surface area contributed by atoms with E-state index in [4.69, 9.17) is 0 Å². The van der Waals surface area contributed by atoms with Crippen LogP contribution in [0.15, 0.2) is 54.1 Å². The number of benzene rings is 2. The molecular formula is C21H23Cl2SiZr-. The zero-order valence-electron chi connectivity index (χ0n) is 14.8. The molecule has 2 aliphatic carbocycles. The molecule has 0 heterocycles. The first-order valence-corrected chi connectivity index (χ1v) is 14.3. The van der Waals surface area contributed by atoms with Crippen LogP contribution in [0.3, 0.4) is 0 Å². The molecular weight excluding hydrogens is 442 g/mol. The van der Waals surface area contributed by atoms with Gasteiger partial charge in [0, 0.05) is 0 Å². The van der Waals surface area contributed by atoms with Crippen LogP contribution in [-0.2, 0) is 29.8 Å². The van der Waals surface area contributed by atoms with E-state index in [2.05, 4.69) is 74.6 Å². The molecule has 0 radical (unpaired) electrons. The van der Waals surface area contributed by atoms with Crippen LogP contribution < -0.4 is 0 Å². The van der Waals surface area contributed by atoms with Crippen LogP contribution in [-0.4, -0.2) is 5.43 Å². The number of hydrogen-bond donors (Lipinski definition) is 0. The van der Waals surface area contributed by atoms with Crippen LogP contribution in [0.4, 0.5) is 0 Å². The van der Waals surface area contributed by atoms with Crippen molar-refractivity contribution >= 4 is 35.8 Å². The summed E-state index contributed by atoms with van der Waals surface area (Å²) >= 11 is 1.74. The van der Waals surface area contributed by atoms with Crippen molar-refractivity contribution in [1.82, 2.24) is 0 Å². The Hall–Kier alpha value is -0.400. The molecule has 0 amide bonds. The van der Waals surface area contributed by atoms with Crippen molar-refractivity contribution in [2.75, 3.05) is 0 Å². The van der Waals surface area contributed by atoms with Crippen molar-refractivity contribution in [3.8, 4) is 11.1 Å². The predicted octanol–water partition coefficient (Wildman–Crippen LogP) is 6.42. The molecule has 0 unspecified atom stereocenters. The molecule has 130 valence electrons. The summed E-state index contributed by atoms with van der Waals surface area (Å²) in [6.07, 6.45) is 6.53. The summed E-state index contributed by atoms with van der Waals surface area (Å²) in [6.45, 7) is 6.81. The van der Waals surface area contributed by atoms with Crippen molar-refractivity contribution in [3.05, 3.63) is 76.9 Å². The molecule has 0 fully saturated rings. The molecule has 2 aromatic carbocycles. The van der Waals surface area contributed by atoms with Crippen LogP contribution in [0, 0.1) is 6.07 Å². The van der Waals surface area contributed by atoms with Crippen molar-refractivity contribution in [2.24, 2.45) is 0 Å². The summed E-state index contributed by atoms with van der Waals surface area (Å²) in [6, 6.07) is 16.8. The molecule has 2 aromatic rings. The SMILES string of the molecule is CC1=C(c2[c-]c3c(cc2)-c2ccccc2C3)CC=C1.C[Si](C)=[Zr].Cl.Cl. The number of halogens is 2. The van der Waals surface area contributed by atoms with E-state index in [0.29, 0.717) is 0 Å². The van der Waals surface area contributed by atoms with E-state index < -0.39 is 0 Å². The molecule has 4 heteroatoms. The van der Waals surface area contributed by atoms with Gasteiger partial charge in [-0.1, -0.05) is 53.1 Å². The zero-order chi connectivity index (χ0) is 16.4. The van der Waals surface area contributed by atoms with Crippen LogP contribution in [0.25, 0.3) is 16.7 Å². The monoisotopic (exact) mass is 463 g/mol. The van der Waals surface area contributed by atoms with Gasteiger partial charge in [-0.05, 0) is 25.3 Å². The van der Waals surface area contributed by atoms with Crippen LogP contribution in [0.5, 0.6) is 0 Å². The minimum Gasteiger partial charge on any atom is -0.147 e. The Labute approximate surface area is 179 Å². The summed E-state index contributed by atoms with van der Waals surface area (Å²) in [5, 5.41) is 0. The molecule has 0 aliphatic heterocycles. The topological polar surface area (TPSA) is 0 Å². The van der Waals surface area contributed by atoms with Gasteiger partial charge in [-0.15, -0.1) is 59.7 Å². The van der Waals surface area contributed by atoms with E-state index in [9.17, 15) is 0 Å². The number of rotatable bonds is 1. The first-order valence-electron chi connectivity index (χ1n) is 8.08. The summed E-state index contributed by atoms with van der Waals surface area (Å²) < 4.78 is 0. The molecule has 4 rings (SSSR count). The second-order valence-corrected chi connectivity index (χ2v) is 15.7. The Balaban J connectivity index is 0.000000476. The third-order valence-corrected chi connectivity index (χ3v) is 4.19. The Morgan fingerprint density at radius 1 is 1.00 bits per heavy atom. The normalized spacial score (nSPS) is 13.0. The van der Waals surface area contributed by atoms with Gasteiger partial charge in [-0.3, -0.25) is 0 Å². The maximum Gasteiger partial charge on any atom is -0.147 e. The second kappa shape index (κ2) is 10.1. The predicted molar refractivity (Wildman–Crippen MR) is 112 cm³/mol. The zero-order valence-corrected chi connectivity index (χ0v) is 19.9. The van der Waals surface area contributed by atoms with Crippen molar-refractivity contribution < 1.29 is 23.3 Å². The van der Waals surface area contributed by atoms with Crippen molar-refractivity contribution in [2.45, 2.75) is 32.9 Å². The van der Waals surface area contributed by atoms with Crippen molar-refractivity contribution in [1.29, 1.82) is 0 Å². The smallest absolute Gasteiger partial charge is 0.147 e. The first kappa shape index (κ1) is 22.6. The molecule has 0 saturated heterocycles. The molecule has 0 aromatic heterocycles. The van der Waals surface area contributed by atoms with E-state index >= 15 is 0 Å². The third kappa shape index (κ3) is 5.30. The van der Waals surface area contributed by atoms with E-state index in [1.807, 2.05) is 0 Å². The molecule has 0 atom stereocenters. The maximum absolute atomic E-state index is 3.65. The first-order chi connectivity index (χ1) is 11.1. The van der Waals surface area contributed by atoms with Gasteiger partial charge in [0.1, 0.15) is 0 Å². The minimum atomic E-state index is 0. The van der Waals surface area contributed by atoms with Gasteiger partial charge in [-0.25, -0.2) is 0 Å². The fourth-order valence-electron chi connectivity index (χ4n) is 3.17. The van der Waals surface area contributed by atoms with Gasteiger partial charge in [-0.2, -0.15) is 0 Å². The molecule has 0 spiro atoms. The fourth-order valence-corrected chi connectivity index (χ4v) is 3.17. The Bertz CT molecular complexity index is 834. The Morgan fingerprint density at radius 3 is 2.32 bits per heavy atom. The van der Waals surface area contributed by atoms with Gasteiger partial charge in [0.15, 0.2) is 0 Å². The van der Waals surface area contributed by atoms with E-state index in [-0.39, 0.29) is 30.2 Å². The molecule has 0 saturated carbocycles. The van der Waals surface area contributed by atoms with E-state index in [1.54, 1.807) is 23.3 Å². The molecule has 25 heavy (non-hydrogen) atoms. The molecule has 0 bridgehead atoms. The van der Waals surface area contributed by atoms with Crippen LogP contribution >= 0.6 is 24.8 Å². The average molecular weight is 466 g/mol. The van der Waals surface area contributed by atoms with Gasteiger partial charge in [0.2, 0.25) is 0 Å². The molecule has 2 aliphatic rings. The summed E-state index contributed by atoms with van der Waals surface area (Å²) in [5.41, 5.74) is 9.83. The maximum atomic E-state index is 3.65. The van der Waals surface area contributed by atoms with Gasteiger partial charge < -0.3 is 0 Å². The number of allylic oxidation sites excluding steroid dienone is 4. The van der Waals surface area contributed by atoms with Gasteiger partial charge in [0.25, 0.3) is 0 Å². The third-order valence-electron chi connectivity index (χ3n) is 4.19. The quantitative estimate of drug-likeness (QED) is 0.287. The van der Waals surface area contributed by atoms with Crippen LogP contribution in [0.1, 0.15) is 30.0 Å². The Kier molecular flexibility index (Phi) is 9.12. The molecule has 0 nitrogen and oxygen atoms in total. The van der Waals surface area contributed by atoms with E-state index in [0.717, 1.165) is 12.8 Å². The second-order valence-electron chi connectivity index (χ2n) is 6.37. The van der Waals surface area contributed by atoms with Gasteiger partial charge >= 0.3 is 41.9 Å². The van der Waals surface area contributed by atoms with Gasteiger partial charge in [0.05, 0.1) is 0 Å².